The van der Waals surface area contributed by atoms with E-state index < -0.39 is 6.04 Å². The number of nitrogens with one attached hydrogen (secondary N) is 2. The fourth-order valence-corrected chi connectivity index (χ4v) is 3.71. The molecule has 3 amide bonds. The molecule has 0 aromatic heterocycles. The second kappa shape index (κ2) is 11.7. The van der Waals surface area contributed by atoms with Gasteiger partial charge in [-0.15, -0.1) is 0 Å². The van der Waals surface area contributed by atoms with Crippen LogP contribution in [-0.4, -0.2) is 78.9 Å². The minimum Gasteiger partial charge on any atom is -0.343 e. The van der Waals surface area contributed by atoms with Crippen molar-refractivity contribution in [2.24, 2.45) is 5.73 Å². The lowest BCUT2D eigenvalue weighted by molar-refractivity contribution is -0.138. The molecule has 1 unspecified atom stereocenters. The number of likely N-dealkylation sites (N-methyl/N-ethyl adjacent to an activating group) is 1. The van der Waals surface area contributed by atoms with Crippen LogP contribution in [0.1, 0.15) is 32.3 Å². The molecule has 1 aliphatic heterocycles. The molecule has 30 heavy (non-hydrogen) atoms. The highest BCUT2D eigenvalue weighted by molar-refractivity contribution is 5.89. The Bertz CT molecular complexity index is 712. The van der Waals surface area contributed by atoms with Gasteiger partial charge in [-0.25, -0.2) is 0 Å². The van der Waals surface area contributed by atoms with Gasteiger partial charge in [-0.3, -0.25) is 14.4 Å². The number of carbonyl (C=O) groups is 3. The highest BCUT2D eigenvalue weighted by atomic mass is 16.2. The van der Waals surface area contributed by atoms with E-state index in [0.29, 0.717) is 19.6 Å². The average molecular weight is 418 g/mol. The summed E-state index contributed by atoms with van der Waals surface area (Å²) in [6, 6.07) is 8.94. The summed E-state index contributed by atoms with van der Waals surface area (Å²) < 4.78 is 0. The molecular formula is C22H35N5O3. The van der Waals surface area contributed by atoms with Gasteiger partial charge < -0.3 is 26.2 Å². The van der Waals surface area contributed by atoms with Gasteiger partial charge in [0.25, 0.3) is 0 Å². The first-order valence-electron chi connectivity index (χ1n) is 10.7. The maximum absolute atomic E-state index is 13.0. The molecule has 1 heterocycles. The molecule has 1 aromatic carbocycles. The van der Waals surface area contributed by atoms with E-state index in [-0.39, 0.29) is 36.3 Å². The van der Waals surface area contributed by atoms with E-state index in [1.165, 1.54) is 0 Å². The van der Waals surface area contributed by atoms with Crippen LogP contribution in [0.25, 0.3) is 0 Å². The van der Waals surface area contributed by atoms with Crippen molar-refractivity contribution >= 4 is 17.7 Å². The number of amides is 3. The lowest BCUT2D eigenvalue weighted by atomic mass is 10.1. The summed E-state index contributed by atoms with van der Waals surface area (Å²) in [5.41, 5.74) is 6.78. The van der Waals surface area contributed by atoms with Gasteiger partial charge in [-0.2, -0.15) is 0 Å². The molecule has 2 rings (SSSR count). The Morgan fingerprint density at radius 1 is 1.20 bits per heavy atom. The van der Waals surface area contributed by atoms with E-state index in [9.17, 15) is 14.4 Å². The molecule has 8 nitrogen and oxygen atoms in total. The summed E-state index contributed by atoms with van der Waals surface area (Å²) in [5, 5.41) is 5.64. The number of hydrogen-bond acceptors (Lipinski definition) is 5. The molecule has 1 fully saturated rings. The number of carbonyl (C=O) groups excluding carboxylic acids is 3. The quantitative estimate of drug-likeness (QED) is 0.501. The van der Waals surface area contributed by atoms with Gasteiger partial charge in [0.2, 0.25) is 17.7 Å². The topological polar surface area (TPSA) is 108 Å². The van der Waals surface area contributed by atoms with Gasteiger partial charge in [0.05, 0.1) is 12.6 Å². The van der Waals surface area contributed by atoms with Gasteiger partial charge in [-0.05, 0) is 45.7 Å². The first-order valence-corrected chi connectivity index (χ1v) is 10.7. The highest BCUT2D eigenvalue weighted by Crippen LogP contribution is 2.20. The standard InChI is InChI=1S/C22H35N5O3/c1-16(24-3)21(29)25-17(2)22(30)27-12-7-10-19(27)15-26(20(28)14-23)13-11-18-8-5-4-6-9-18/h4-6,8-9,16-17,19,24H,7,10-15,23H2,1-3H3,(H,25,29)/t16-,17?,19-/m0/s1. The van der Waals surface area contributed by atoms with Crippen LogP contribution in [0.15, 0.2) is 30.3 Å². The van der Waals surface area contributed by atoms with Crippen LogP contribution in [0.5, 0.6) is 0 Å². The molecule has 0 spiro atoms. The molecule has 4 N–H and O–H groups in total. The van der Waals surface area contributed by atoms with Crippen molar-refractivity contribution in [3.05, 3.63) is 35.9 Å². The summed E-state index contributed by atoms with van der Waals surface area (Å²) in [6.45, 7) is 5.05. The molecule has 8 heteroatoms. The highest BCUT2D eigenvalue weighted by Gasteiger charge is 2.34. The Morgan fingerprint density at radius 2 is 1.90 bits per heavy atom. The Morgan fingerprint density at radius 3 is 2.53 bits per heavy atom. The van der Waals surface area contributed by atoms with Gasteiger partial charge >= 0.3 is 0 Å². The van der Waals surface area contributed by atoms with Crippen LogP contribution in [0.4, 0.5) is 0 Å². The zero-order chi connectivity index (χ0) is 22.1. The van der Waals surface area contributed by atoms with E-state index in [4.69, 9.17) is 5.73 Å². The fraction of sp³-hybridized carbons (Fsp3) is 0.591. The minimum atomic E-state index is -0.614. The van der Waals surface area contributed by atoms with E-state index in [1.807, 2.05) is 30.3 Å². The summed E-state index contributed by atoms with van der Waals surface area (Å²) in [6.07, 6.45) is 2.45. The van der Waals surface area contributed by atoms with E-state index in [1.54, 1.807) is 30.7 Å². The second-order valence-corrected chi connectivity index (χ2v) is 7.85. The molecule has 0 saturated carbocycles. The van der Waals surface area contributed by atoms with Crippen molar-refractivity contribution in [3.63, 3.8) is 0 Å². The Balaban J connectivity index is 1.99. The van der Waals surface area contributed by atoms with E-state index in [0.717, 1.165) is 24.8 Å². The molecule has 1 aliphatic rings. The van der Waals surface area contributed by atoms with Crippen molar-refractivity contribution in [3.8, 4) is 0 Å². The lowest BCUT2D eigenvalue weighted by Gasteiger charge is -2.32. The van der Waals surface area contributed by atoms with Crippen molar-refractivity contribution in [1.29, 1.82) is 0 Å². The SMILES string of the molecule is CN[C@@H](C)C(=O)NC(C)C(=O)N1CCC[C@H]1CN(CCc1ccccc1)C(=O)CN. The minimum absolute atomic E-state index is 0.0518. The fourth-order valence-electron chi connectivity index (χ4n) is 3.71. The number of nitrogens with two attached hydrogens (primary N) is 1. The summed E-state index contributed by atoms with van der Waals surface area (Å²) >= 11 is 0. The Labute approximate surface area is 179 Å². The molecule has 0 aliphatic carbocycles. The Hall–Kier alpha value is -2.45. The number of nitrogens with zero attached hydrogens (tertiary/aromatic N) is 2. The van der Waals surface area contributed by atoms with Crippen LogP contribution in [0.3, 0.4) is 0 Å². The molecule has 0 bridgehead atoms. The number of benzene rings is 1. The molecule has 3 atom stereocenters. The van der Waals surface area contributed by atoms with Crippen molar-refractivity contribution in [2.45, 2.75) is 51.2 Å². The second-order valence-electron chi connectivity index (χ2n) is 7.85. The van der Waals surface area contributed by atoms with Gasteiger partial charge in [0.1, 0.15) is 6.04 Å². The van der Waals surface area contributed by atoms with Gasteiger partial charge in [-0.1, -0.05) is 30.3 Å². The summed E-state index contributed by atoms with van der Waals surface area (Å²) in [4.78, 5) is 41.0. The third kappa shape index (κ3) is 6.53. The van der Waals surface area contributed by atoms with Crippen molar-refractivity contribution in [2.75, 3.05) is 33.2 Å². The van der Waals surface area contributed by atoms with Crippen LogP contribution in [-0.2, 0) is 20.8 Å². The lowest BCUT2D eigenvalue weighted by Crippen LogP contribution is -2.54. The van der Waals surface area contributed by atoms with Crippen molar-refractivity contribution < 1.29 is 14.4 Å². The van der Waals surface area contributed by atoms with Crippen molar-refractivity contribution in [1.82, 2.24) is 20.4 Å². The normalized spacial score (nSPS) is 18.0. The monoisotopic (exact) mass is 417 g/mol. The third-order valence-corrected chi connectivity index (χ3v) is 5.69. The van der Waals surface area contributed by atoms with E-state index >= 15 is 0 Å². The number of hydrogen-bond donors (Lipinski definition) is 3. The summed E-state index contributed by atoms with van der Waals surface area (Å²) in [5.74, 6) is -0.441. The van der Waals surface area contributed by atoms with Gasteiger partial charge in [0.15, 0.2) is 0 Å². The molecule has 1 saturated heterocycles. The van der Waals surface area contributed by atoms with Crippen LogP contribution in [0, 0.1) is 0 Å². The van der Waals surface area contributed by atoms with Gasteiger partial charge in [0, 0.05) is 25.7 Å². The maximum atomic E-state index is 13.0. The van der Waals surface area contributed by atoms with E-state index in [2.05, 4.69) is 10.6 Å². The number of rotatable bonds is 10. The smallest absolute Gasteiger partial charge is 0.245 e. The predicted octanol–water partition coefficient (Wildman–Crippen LogP) is 0.120. The van der Waals surface area contributed by atoms with Crippen LogP contribution < -0.4 is 16.4 Å². The molecular weight excluding hydrogens is 382 g/mol. The maximum Gasteiger partial charge on any atom is 0.245 e. The molecule has 1 aromatic rings. The number of likely N-dealkylation sites (tertiary alicyclic amines) is 1. The first kappa shape index (κ1) is 23.8. The largest absolute Gasteiger partial charge is 0.343 e. The van der Waals surface area contributed by atoms with Crippen LogP contribution >= 0.6 is 0 Å². The zero-order valence-corrected chi connectivity index (χ0v) is 18.3. The molecule has 0 radical (unpaired) electrons. The Kier molecular flexibility index (Phi) is 9.26. The molecule has 166 valence electrons. The summed E-state index contributed by atoms with van der Waals surface area (Å²) in [7, 11) is 1.70. The zero-order valence-electron chi connectivity index (χ0n) is 18.3. The first-order chi connectivity index (χ1) is 14.4. The third-order valence-electron chi connectivity index (χ3n) is 5.69. The average Bonchev–Trinajstić information content (AvgIpc) is 3.23. The van der Waals surface area contributed by atoms with Crippen LogP contribution in [0.2, 0.25) is 0 Å². The predicted molar refractivity (Wildman–Crippen MR) is 117 cm³/mol.